The van der Waals surface area contributed by atoms with Crippen LogP contribution >= 0.6 is 11.6 Å². The molecule has 2 aromatic carbocycles. The second-order valence-corrected chi connectivity index (χ2v) is 11.9. The fourth-order valence-corrected chi connectivity index (χ4v) is 4.67. The number of ether oxygens (including phenoxy) is 3. The largest absolute Gasteiger partial charge is 0.486 e. The fourth-order valence-electron chi connectivity index (χ4n) is 4.49. The van der Waals surface area contributed by atoms with Gasteiger partial charge in [0.2, 0.25) is 5.91 Å². The summed E-state index contributed by atoms with van der Waals surface area (Å²) in [6.45, 7) is 8.34. The third kappa shape index (κ3) is 9.84. The van der Waals surface area contributed by atoms with Crippen LogP contribution in [0.25, 0.3) is 10.9 Å². The van der Waals surface area contributed by atoms with Crippen LogP contribution in [0.2, 0.25) is 5.02 Å². The van der Waals surface area contributed by atoms with E-state index < -0.39 is 29.4 Å². The molecule has 2 atom stereocenters. The van der Waals surface area contributed by atoms with Crippen molar-refractivity contribution in [3.63, 3.8) is 0 Å². The molecule has 1 aliphatic rings. The Balaban J connectivity index is 1.55. The van der Waals surface area contributed by atoms with Gasteiger partial charge in [0, 0.05) is 42.7 Å². The van der Waals surface area contributed by atoms with E-state index in [1.807, 2.05) is 0 Å². The molecule has 3 N–H and O–H groups in total. The topological polar surface area (TPSA) is 135 Å². The van der Waals surface area contributed by atoms with Crippen molar-refractivity contribution < 1.29 is 33.3 Å². The molecular weight excluding hydrogens is 593 g/mol. The summed E-state index contributed by atoms with van der Waals surface area (Å²) >= 11 is 5.95. The zero-order chi connectivity index (χ0) is 31.9. The Morgan fingerprint density at radius 3 is 2.75 bits per heavy atom. The average Bonchev–Trinajstić information content (AvgIpc) is 3.43. The Kier molecular flexibility index (Phi) is 11.1. The molecule has 4 rings (SSSR count). The van der Waals surface area contributed by atoms with E-state index in [2.05, 4.69) is 20.6 Å². The molecule has 1 aliphatic heterocycles. The van der Waals surface area contributed by atoms with E-state index in [0.717, 1.165) is 0 Å². The number of benzene rings is 2. The molecule has 1 amide bonds. The van der Waals surface area contributed by atoms with Gasteiger partial charge in [0.15, 0.2) is 0 Å². The third-order valence-electron chi connectivity index (χ3n) is 6.29. The van der Waals surface area contributed by atoms with Crippen molar-refractivity contribution in [2.45, 2.75) is 51.9 Å². The number of aromatic nitrogens is 2. The summed E-state index contributed by atoms with van der Waals surface area (Å²) in [5.74, 6) is -0.596. The normalized spacial score (nSPS) is 16.0. The SMILES string of the molecule is C[C@@H](O)CN(C/C=C/C(=O)Nc1cc2c(Nc3ccc(F)c(Cl)c3)ncnc2cc1O[C@@H]1CCOC1)CC(=O)OC(C)(C)C. The molecule has 1 aromatic heterocycles. The molecule has 0 saturated carbocycles. The quantitative estimate of drug-likeness (QED) is 0.188. The summed E-state index contributed by atoms with van der Waals surface area (Å²) in [5.41, 5.74) is 0.805. The number of fused-ring (bicyclic) bond motifs is 1. The number of aliphatic hydroxyl groups is 1. The minimum Gasteiger partial charge on any atom is -0.486 e. The average molecular weight is 630 g/mol. The first kappa shape index (κ1) is 33.1. The molecule has 236 valence electrons. The minimum absolute atomic E-state index is 0.0410. The summed E-state index contributed by atoms with van der Waals surface area (Å²) < 4.78 is 30.7. The first-order valence-corrected chi connectivity index (χ1v) is 14.6. The molecule has 3 aromatic rings. The number of amides is 1. The first-order valence-electron chi connectivity index (χ1n) is 14.2. The van der Waals surface area contributed by atoms with Crippen molar-refractivity contribution in [3.8, 4) is 5.75 Å². The lowest BCUT2D eigenvalue weighted by Crippen LogP contribution is -2.38. The maximum atomic E-state index is 13.7. The monoisotopic (exact) mass is 629 g/mol. The number of hydrogen-bond acceptors (Lipinski definition) is 10. The van der Waals surface area contributed by atoms with Crippen LogP contribution in [0.4, 0.5) is 21.6 Å². The Morgan fingerprint density at radius 2 is 2.07 bits per heavy atom. The number of hydrogen-bond donors (Lipinski definition) is 3. The molecule has 1 fully saturated rings. The number of anilines is 3. The molecule has 2 heterocycles. The van der Waals surface area contributed by atoms with Crippen LogP contribution in [-0.2, 0) is 19.1 Å². The Hall–Kier alpha value is -3.84. The molecule has 11 nitrogen and oxygen atoms in total. The number of rotatable bonds is 12. The smallest absolute Gasteiger partial charge is 0.320 e. The van der Waals surface area contributed by atoms with Gasteiger partial charge in [0.1, 0.15) is 35.4 Å². The molecule has 0 spiro atoms. The highest BCUT2D eigenvalue weighted by molar-refractivity contribution is 6.31. The Bertz CT molecular complexity index is 1510. The molecule has 13 heteroatoms. The van der Waals surface area contributed by atoms with Crippen molar-refractivity contribution in [1.82, 2.24) is 14.9 Å². The summed E-state index contributed by atoms with van der Waals surface area (Å²) in [4.78, 5) is 35.8. The highest BCUT2D eigenvalue weighted by Gasteiger charge is 2.22. The Labute approximate surface area is 260 Å². The molecule has 0 bridgehead atoms. The first-order chi connectivity index (χ1) is 20.9. The van der Waals surface area contributed by atoms with Crippen LogP contribution in [0, 0.1) is 5.82 Å². The van der Waals surface area contributed by atoms with Crippen molar-refractivity contribution in [3.05, 3.63) is 59.7 Å². The predicted molar refractivity (Wildman–Crippen MR) is 166 cm³/mol. The standard InChI is InChI=1S/C31H37ClFN5O6/c1-19(39)15-38(16-29(41)44-31(2,3)4)10-5-6-28(40)37-26-13-22-25(14-27(26)43-21-9-11-42-17-21)34-18-35-30(22)36-20-7-8-24(33)23(32)12-20/h5-8,12-14,18-19,21,39H,9-11,15-17H2,1-4H3,(H,37,40)(H,34,35,36)/b6-5+/t19-,21-/m1/s1. The van der Waals surface area contributed by atoms with Gasteiger partial charge in [-0.2, -0.15) is 0 Å². The molecule has 1 saturated heterocycles. The fraction of sp³-hybridized carbons (Fsp3) is 0.419. The zero-order valence-corrected chi connectivity index (χ0v) is 25.9. The van der Waals surface area contributed by atoms with Crippen LogP contribution in [-0.4, -0.2) is 82.5 Å². The molecule has 0 radical (unpaired) electrons. The highest BCUT2D eigenvalue weighted by atomic mass is 35.5. The van der Waals surface area contributed by atoms with Gasteiger partial charge < -0.3 is 30.0 Å². The van der Waals surface area contributed by atoms with Crippen LogP contribution < -0.4 is 15.4 Å². The van der Waals surface area contributed by atoms with Gasteiger partial charge in [-0.25, -0.2) is 14.4 Å². The number of halogens is 2. The lowest BCUT2D eigenvalue weighted by Gasteiger charge is -2.25. The van der Waals surface area contributed by atoms with E-state index in [4.69, 9.17) is 25.8 Å². The van der Waals surface area contributed by atoms with Crippen LogP contribution in [0.5, 0.6) is 5.75 Å². The second kappa shape index (κ2) is 14.8. The lowest BCUT2D eigenvalue weighted by atomic mass is 10.1. The number of nitrogens with zero attached hydrogens (tertiary/aromatic N) is 3. The van der Waals surface area contributed by atoms with Gasteiger partial charge in [-0.05, 0) is 52.0 Å². The molecule has 0 aliphatic carbocycles. The van der Waals surface area contributed by atoms with Crippen molar-refractivity contribution >= 4 is 51.6 Å². The van der Waals surface area contributed by atoms with Gasteiger partial charge in [-0.1, -0.05) is 17.7 Å². The van der Waals surface area contributed by atoms with Gasteiger partial charge in [0.05, 0.1) is 42.1 Å². The molecule has 0 unspecified atom stereocenters. The number of carbonyl (C=O) groups is 2. The van der Waals surface area contributed by atoms with Crippen LogP contribution in [0.3, 0.4) is 0 Å². The van der Waals surface area contributed by atoms with Gasteiger partial charge in [0.25, 0.3) is 0 Å². The van der Waals surface area contributed by atoms with Crippen molar-refractivity contribution in [2.75, 3.05) is 43.5 Å². The van der Waals surface area contributed by atoms with Crippen LogP contribution in [0.15, 0.2) is 48.8 Å². The maximum absolute atomic E-state index is 13.7. The number of aliphatic hydroxyl groups excluding tert-OH is 1. The summed E-state index contributed by atoms with van der Waals surface area (Å²) in [6, 6.07) is 7.63. The van der Waals surface area contributed by atoms with E-state index in [1.165, 1.54) is 30.6 Å². The molecule has 44 heavy (non-hydrogen) atoms. The second-order valence-electron chi connectivity index (χ2n) is 11.5. The van der Waals surface area contributed by atoms with Crippen molar-refractivity contribution in [2.24, 2.45) is 0 Å². The minimum atomic E-state index is -0.688. The van der Waals surface area contributed by atoms with Gasteiger partial charge in [-0.3, -0.25) is 14.5 Å². The third-order valence-corrected chi connectivity index (χ3v) is 6.58. The van der Waals surface area contributed by atoms with Gasteiger partial charge >= 0.3 is 5.97 Å². The highest BCUT2D eigenvalue weighted by Crippen LogP contribution is 2.35. The maximum Gasteiger partial charge on any atom is 0.320 e. The van der Waals surface area contributed by atoms with E-state index in [1.54, 1.807) is 50.8 Å². The number of esters is 1. The van der Waals surface area contributed by atoms with Crippen molar-refractivity contribution in [1.29, 1.82) is 0 Å². The van der Waals surface area contributed by atoms with E-state index in [0.29, 0.717) is 53.5 Å². The summed E-state index contributed by atoms with van der Waals surface area (Å²) in [5, 5.41) is 16.4. The van der Waals surface area contributed by atoms with Gasteiger partial charge in [-0.15, -0.1) is 0 Å². The molecular formula is C31H37ClFN5O6. The van der Waals surface area contributed by atoms with Crippen LogP contribution in [0.1, 0.15) is 34.1 Å². The summed E-state index contributed by atoms with van der Waals surface area (Å²) in [7, 11) is 0. The Morgan fingerprint density at radius 1 is 1.27 bits per heavy atom. The van der Waals surface area contributed by atoms with E-state index in [-0.39, 0.29) is 30.8 Å². The predicted octanol–water partition coefficient (Wildman–Crippen LogP) is 4.85. The van der Waals surface area contributed by atoms with E-state index in [9.17, 15) is 19.1 Å². The van der Waals surface area contributed by atoms with E-state index >= 15 is 0 Å². The number of carbonyl (C=O) groups excluding carboxylic acids is 2. The number of nitrogens with one attached hydrogen (secondary N) is 2. The summed E-state index contributed by atoms with van der Waals surface area (Å²) in [6.07, 6.45) is 4.15. The lowest BCUT2D eigenvalue weighted by molar-refractivity contribution is -0.156. The zero-order valence-electron chi connectivity index (χ0n) is 25.1.